The van der Waals surface area contributed by atoms with Gasteiger partial charge in [0.15, 0.2) is 0 Å². The Bertz CT molecular complexity index is 697. The molecule has 4 saturated carbocycles. The maximum Gasteiger partial charge on any atom is 0.269 e. The molecule has 132 valence electrons. The smallest absolute Gasteiger partial charge is 0.269 e. The third-order valence-electron chi connectivity index (χ3n) is 6.32. The van der Waals surface area contributed by atoms with Crippen LogP contribution in [0.2, 0.25) is 0 Å². The first-order chi connectivity index (χ1) is 12.0. The van der Waals surface area contributed by atoms with E-state index < -0.39 is 4.92 Å². The number of hydrazone groups is 1. The molecule has 6 nitrogen and oxygen atoms in total. The standard InChI is InChI=1S/C19H23N3O3/c23-18(21-20-12-13-3-5-17(6-4-13)22(24)25)19-9-14-1-2-15(10-19)8-16(7-14)11-19/h3-6,12,14-16H,1-2,7-11H2,(H,21,23)/b20-12-/t14-,15-,16?,19?/m1/s1. The van der Waals surface area contributed by atoms with E-state index in [1.165, 1.54) is 37.8 Å². The fraction of sp³-hybridized carbons (Fsp3) is 0.579. The highest BCUT2D eigenvalue weighted by atomic mass is 16.6. The fourth-order valence-corrected chi connectivity index (χ4v) is 5.44. The molecule has 2 atom stereocenters. The molecular weight excluding hydrogens is 318 g/mol. The number of nitrogens with zero attached hydrogens (tertiary/aromatic N) is 2. The summed E-state index contributed by atoms with van der Waals surface area (Å²) in [6.07, 6.45) is 9.76. The van der Waals surface area contributed by atoms with Crippen molar-refractivity contribution in [1.82, 2.24) is 5.43 Å². The van der Waals surface area contributed by atoms with Gasteiger partial charge in [-0.1, -0.05) is 12.8 Å². The van der Waals surface area contributed by atoms with Crippen molar-refractivity contribution < 1.29 is 9.72 Å². The average Bonchev–Trinajstić information content (AvgIpc) is 2.81. The first-order valence-electron chi connectivity index (χ1n) is 9.12. The molecule has 4 aliphatic carbocycles. The quantitative estimate of drug-likeness (QED) is 0.515. The van der Waals surface area contributed by atoms with Crippen LogP contribution in [0.3, 0.4) is 0 Å². The molecule has 0 spiro atoms. The predicted octanol–water partition coefficient (Wildman–Crippen LogP) is 3.65. The van der Waals surface area contributed by atoms with Gasteiger partial charge in [-0.2, -0.15) is 5.10 Å². The molecule has 0 saturated heterocycles. The molecule has 4 fully saturated rings. The highest BCUT2D eigenvalue weighted by molar-refractivity contribution is 5.85. The molecule has 4 aliphatic rings. The zero-order chi connectivity index (χ0) is 17.4. The highest BCUT2D eigenvalue weighted by Gasteiger charge is 2.52. The summed E-state index contributed by atoms with van der Waals surface area (Å²) in [6.45, 7) is 0. The van der Waals surface area contributed by atoms with Crippen molar-refractivity contribution in [3.05, 3.63) is 39.9 Å². The molecular formula is C19H23N3O3. The second-order valence-electron chi connectivity index (χ2n) is 8.09. The van der Waals surface area contributed by atoms with E-state index in [1.807, 2.05) is 0 Å². The van der Waals surface area contributed by atoms with E-state index in [0.717, 1.165) is 24.8 Å². The lowest BCUT2D eigenvalue weighted by atomic mass is 9.58. The van der Waals surface area contributed by atoms with Crippen LogP contribution in [-0.2, 0) is 4.79 Å². The van der Waals surface area contributed by atoms with E-state index in [-0.39, 0.29) is 17.0 Å². The number of benzene rings is 1. The summed E-state index contributed by atoms with van der Waals surface area (Å²) in [5, 5.41) is 14.8. The summed E-state index contributed by atoms with van der Waals surface area (Å²) >= 11 is 0. The number of carbonyl (C=O) groups excluding carboxylic acids is 1. The Balaban J connectivity index is 1.42. The van der Waals surface area contributed by atoms with Gasteiger partial charge in [-0.3, -0.25) is 14.9 Å². The minimum absolute atomic E-state index is 0.0472. The predicted molar refractivity (Wildman–Crippen MR) is 94.1 cm³/mol. The van der Waals surface area contributed by atoms with E-state index in [4.69, 9.17) is 0 Å². The summed E-state index contributed by atoms with van der Waals surface area (Å²) in [6, 6.07) is 6.13. The van der Waals surface area contributed by atoms with Gasteiger partial charge in [0.2, 0.25) is 5.91 Å². The lowest BCUT2D eigenvalue weighted by Crippen LogP contribution is -2.47. The van der Waals surface area contributed by atoms with Crippen LogP contribution in [0.1, 0.15) is 50.5 Å². The monoisotopic (exact) mass is 341 g/mol. The van der Waals surface area contributed by atoms with Crippen molar-refractivity contribution in [1.29, 1.82) is 0 Å². The van der Waals surface area contributed by atoms with Gasteiger partial charge < -0.3 is 0 Å². The van der Waals surface area contributed by atoms with E-state index in [9.17, 15) is 14.9 Å². The number of carbonyl (C=O) groups is 1. The number of amides is 1. The topological polar surface area (TPSA) is 84.6 Å². The van der Waals surface area contributed by atoms with E-state index >= 15 is 0 Å². The van der Waals surface area contributed by atoms with Crippen LogP contribution in [0.15, 0.2) is 29.4 Å². The molecule has 0 aliphatic heterocycles. The second kappa shape index (κ2) is 6.24. The molecule has 1 N–H and O–H groups in total. The minimum Gasteiger partial charge on any atom is -0.273 e. The molecule has 0 unspecified atom stereocenters. The van der Waals surface area contributed by atoms with Crippen LogP contribution in [0.4, 0.5) is 5.69 Å². The van der Waals surface area contributed by atoms with Crippen molar-refractivity contribution in [2.75, 3.05) is 0 Å². The Hall–Kier alpha value is -2.24. The van der Waals surface area contributed by atoms with E-state index in [0.29, 0.717) is 17.8 Å². The van der Waals surface area contributed by atoms with Gasteiger partial charge in [0, 0.05) is 12.1 Å². The van der Waals surface area contributed by atoms with Gasteiger partial charge in [-0.25, -0.2) is 5.43 Å². The van der Waals surface area contributed by atoms with Crippen molar-refractivity contribution in [3.8, 4) is 0 Å². The van der Waals surface area contributed by atoms with Gasteiger partial charge in [0.25, 0.3) is 5.69 Å². The Morgan fingerprint density at radius 3 is 2.32 bits per heavy atom. The Kier molecular flexibility index (Phi) is 4.06. The molecule has 0 aromatic heterocycles. The largest absolute Gasteiger partial charge is 0.273 e. The number of rotatable bonds is 4. The average molecular weight is 341 g/mol. The van der Waals surface area contributed by atoms with Gasteiger partial charge in [-0.15, -0.1) is 0 Å². The number of nitrogens with one attached hydrogen (secondary N) is 1. The third-order valence-corrected chi connectivity index (χ3v) is 6.32. The van der Waals surface area contributed by atoms with Gasteiger partial charge in [0.1, 0.15) is 0 Å². The van der Waals surface area contributed by atoms with Crippen LogP contribution >= 0.6 is 0 Å². The highest BCUT2D eigenvalue weighted by Crippen LogP contribution is 2.57. The Labute approximate surface area is 146 Å². The molecule has 25 heavy (non-hydrogen) atoms. The molecule has 6 heteroatoms. The fourth-order valence-electron chi connectivity index (χ4n) is 5.44. The molecule has 0 radical (unpaired) electrons. The maximum absolute atomic E-state index is 12.9. The third kappa shape index (κ3) is 3.17. The van der Waals surface area contributed by atoms with Gasteiger partial charge in [0.05, 0.1) is 16.6 Å². The van der Waals surface area contributed by atoms with Crippen LogP contribution in [0.5, 0.6) is 0 Å². The number of non-ortho nitro benzene ring substituents is 1. The number of nitro groups is 1. The molecule has 0 heterocycles. The van der Waals surface area contributed by atoms with Crippen molar-refractivity contribution in [3.63, 3.8) is 0 Å². The van der Waals surface area contributed by atoms with Gasteiger partial charge >= 0.3 is 0 Å². The number of nitro benzene ring substituents is 1. The van der Waals surface area contributed by atoms with Crippen LogP contribution in [0, 0.1) is 33.3 Å². The lowest BCUT2D eigenvalue weighted by molar-refractivity contribution is -0.384. The molecule has 1 aromatic rings. The van der Waals surface area contributed by atoms with E-state index in [2.05, 4.69) is 10.5 Å². The first-order valence-corrected chi connectivity index (χ1v) is 9.12. The van der Waals surface area contributed by atoms with Gasteiger partial charge in [-0.05, 0) is 67.6 Å². The summed E-state index contributed by atoms with van der Waals surface area (Å²) in [4.78, 5) is 23.1. The first kappa shape index (κ1) is 16.2. The zero-order valence-electron chi connectivity index (χ0n) is 14.2. The summed E-state index contributed by atoms with van der Waals surface area (Å²) in [7, 11) is 0. The minimum atomic E-state index is -0.432. The van der Waals surface area contributed by atoms with Crippen LogP contribution in [0.25, 0.3) is 0 Å². The lowest BCUT2D eigenvalue weighted by Gasteiger charge is -2.46. The summed E-state index contributed by atoms with van der Waals surface area (Å²) in [5.41, 5.74) is 3.30. The number of hydrogen-bond donors (Lipinski definition) is 1. The Morgan fingerprint density at radius 1 is 1.12 bits per heavy atom. The zero-order valence-corrected chi connectivity index (χ0v) is 14.2. The van der Waals surface area contributed by atoms with E-state index in [1.54, 1.807) is 18.3 Å². The molecule has 5 rings (SSSR count). The molecule has 4 bridgehead atoms. The van der Waals surface area contributed by atoms with Crippen molar-refractivity contribution in [2.24, 2.45) is 28.3 Å². The number of fused-ring (bicyclic) bond motifs is 1. The van der Waals surface area contributed by atoms with Crippen LogP contribution < -0.4 is 5.43 Å². The summed E-state index contributed by atoms with van der Waals surface area (Å²) in [5.74, 6) is 2.18. The maximum atomic E-state index is 12.9. The van der Waals surface area contributed by atoms with Crippen molar-refractivity contribution >= 4 is 17.8 Å². The Morgan fingerprint density at radius 2 is 1.72 bits per heavy atom. The van der Waals surface area contributed by atoms with Crippen molar-refractivity contribution in [2.45, 2.75) is 44.9 Å². The van der Waals surface area contributed by atoms with Crippen LogP contribution in [-0.4, -0.2) is 17.0 Å². The SMILES string of the molecule is O=C(N/N=C\c1ccc([N+](=O)[O-])cc1)C12CC3C[C@@H](CC[C@H](C3)C1)C2. The molecule has 1 aromatic carbocycles. The number of hydrogen-bond acceptors (Lipinski definition) is 4. The second-order valence-corrected chi connectivity index (χ2v) is 8.09. The normalized spacial score (nSPS) is 33.4. The molecule has 1 amide bonds. The summed E-state index contributed by atoms with van der Waals surface area (Å²) < 4.78 is 0.